The highest BCUT2D eigenvalue weighted by molar-refractivity contribution is 7.15. The second-order valence-electron chi connectivity index (χ2n) is 7.57. The first-order valence-electron chi connectivity index (χ1n) is 9.76. The van der Waals surface area contributed by atoms with Crippen LogP contribution in [0.4, 0.5) is 5.13 Å². The summed E-state index contributed by atoms with van der Waals surface area (Å²) in [5, 5.41) is 8.09. The molecule has 27 heavy (non-hydrogen) atoms. The third kappa shape index (κ3) is 5.31. The normalized spacial score (nSPS) is 17.6. The molecule has 2 aromatic rings. The molecule has 146 valence electrons. The zero-order chi connectivity index (χ0) is 19.4. The molecular weight excluding hydrogens is 378 g/mol. The molecule has 1 aliphatic rings. The minimum atomic E-state index is -0.194. The van der Waals surface area contributed by atoms with E-state index in [2.05, 4.69) is 48.5 Å². The average molecular weight is 406 g/mol. The van der Waals surface area contributed by atoms with E-state index in [4.69, 9.17) is 11.6 Å². The lowest BCUT2D eigenvalue weighted by molar-refractivity contribution is -0.118. The molecule has 1 heterocycles. The van der Waals surface area contributed by atoms with Gasteiger partial charge >= 0.3 is 0 Å². The predicted octanol–water partition coefficient (Wildman–Crippen LogP) is 5.17. The van der Waals surface area contributed by atoms with E-state index in [0.717, 1.165) is 37.1 Å². The van der Waals surface area contributed by atoms with Gasteiger partial charge in [0.2, 0.25) is 5.91 Å². The number of amides is 1. The number of hydrogen-bond acceptors (Lipinski definition) is 4. The number of aromatic nitrogens is 1. The van der Waals surface area contributed by atoms with E-state index in [0.29, 0.717) is 17.1 Å². The number of carbonyl (C=O) groups is 1. The number of nitrogens with zero attached hydrogens (tertiary/aromatic N) is 1. The van der Waals surface area contributed by atoms with Crippen LogP contribution in [-0.4, -0.2) is 23.0 Å². The van der Waals surface area contributed by atoms with Crippen molar-refractivity contribution in [1.29, 1.82) is 0 Å². The van der Waals surface area contributed by atoms with Crippen molar-refractivity contribution < 1.29 is 4.79 Å². The number of thiazole rings is 1. The van der Waals surface area contributed by atoms with Crippen molar-refractivity contribution in [2.75, 3.05) is 5.32 Å². The number of halogens is 1. The smallest absolute Gasteiger partial charge is 0.243 e. The van der Waals surface area contributed by atoms with Crippen molar-refractivity contribution in [3.05, 3.63) is 45.4 Å². The molecule has 4 nitrogen and oxygen atoms in total. The molecular formula is C21H28ClN3OS. The standard InChI is InChI=1S/C21H28ClN3OS/c1-4-5-18(20(26)25-21-23-12-19(27-21)13(2)3)24-17-9-7-14-10-16(22)8-6-15(14)11-17/h6,8,10,12-13,17-18,24H,4-5,7,9,11H2,1-3H3,(H,23,25,26)/t17?,18-/m0/s1. The van der Waals surface area contributed by atoms with Crippen LogP contribution in [-0.2, 0) is 17.6 Å². The van der Waals surface area contributed by atoms with Crippen molar-refractivity contribution in [2.24, 2.45) is 0 Å². The number of carbonyl (C=O) groups excluding carboxylic acids is 1. The van der Waals surface area contributed by atoms with E-state index in [-0.39, 0.29) is 11.9 Å². The number of anilines is 1. The minimum absolute atomic E-state index is 0.0170. The summed E-state index contributed by atoms with van der Waals surface area (Å²) in [7, 11) is 0. The summed E-state index contributed by atoms with van der Waals surface area (Å²) in [5.41, 5.74) is 2.67. The van der Waals surface area contributed by atoms with Crippen molar-refractivity contribution in [3.63, 3.8) is 0 Å². The summed E-state index contributed by atoms with van der Waals surface area (Å²) in [5.74, 6) is 0.442. The first-order valence-corrected chi connectivity index (χ1v) is 11.0. The Morgan fingerprint density at radius 2 is 2.19 bits per heavy atom. The van der Waals surface area contributed by atoms with Crippen molar-refractivity contribution in [1.82, 2.24) is 10.3 Å². The molecule has 0 spiro atoms. The minimum Gasteiger partial charge on any atom is -0.303 e. The summed E-state index contributed by atoms with van der Waals surface area (Å²) in [6.07, 6.45) is 6.59. The first kappa shape index (κ1) is 20.3. The van der Waals surface area contributed by atoms with Crippen LogP contribution in [0, 0.1) is 0 Å². The zero-order valence-electron chi connectivity index (χ0n) is 16.2. The van der Waals surface area contributed by atoms with Crippen LogP contribution in [0.25, 0.3) is 0 Å². The van der Waals surface area contributed by atoms with Crippen LogP contribution >= 0.6 is 22.9 Å². The van der Waals surface area contributed by atoms with E-state index < -0.39 is 0 Å². The highest BCUT2D eigenvalue weighted by Gasteiger charge is 2.25. The predicted molar refractivity (Wildman–Crippen MR) is 114 cm³/mol. The third-order valence-electron chi connectivity index (χ3n) is 5.05. The number of fused-ring (bicyclic) bond motifs is 1. The molecule has 1 aliphatic carbocycles. The van der Waals surface area contributed by atoms with Gasteiger partial charge in [-0.15, -0.1) is 11.3 Å². The fourth-order valence-corrected chi connectivity index (χ4v) is 4.55. The summed E-state index contributed by atoms with van der Waals surface area (Å²) in [6.45, 7) is 6.38. The van der Waals surface area contributed by atoms with Crippen LogP contribution in [0.5, 0.6) is 0 Å². The highest BCUT2D eigenvalue weighted by Crippen LogP contribution is 2.27. The van der Waals surface area contributed by atoms with Crippen molar-refractivity contribution >= 4 is 34.0 Å². The Kier molecular flexibility index (Phi) is 6.90. The molecule has 0 aliphatic heterocycles. The second-order valence-corrected chi connectivity index (χ2v) is 9.07. The van der Waals surface area contributed by atoms with E-state index >= 15 is 0 Å². The molecule has 0 bridgehead atoms. The molecule has 0 radical (unpaired) electrons. The van der Waals surface area contributed by atoms with E-state index in [1.54, 1.807) is 11.3 Å². The zero-order valence-corrected chi connectivity index (χ0v) is 17.8. The number of benzene rings is 1. The number of hydrogen-bond donors (Lipinski definition) is 2. The summed E-state index contributed by atoms with van der Waals surface area (Å²) in [6, 6.07) is 6.25. The largest absolute Gasteiger partial charge is 0.303 e. The molecule has 2 N–H and O–H groups in total. The molecule has 2 atom stereocenters. The summed E-state index contributed by atoms with van der Waals surface area (Å²) in [4.78, 5) is 18.4. The fraction of sp³-hybridized carbons (Fsp3) is 0.524. The molecule has 1 amide bonds. The van der Waals surface area contributed by atoms with Crippen LogP contribution in [0.1, 0.15) is 62.0 Å². The average Bonchev–Trinajstić information content (AvgIpc) is 3.10. The summed E-state index contributed by atoms with van der Waals surface area (Å²) < 4.78 is 0. The fourth-order valence-electron chi connectivity index (χ4n) is 3.53. The third-order valence-corrected chi connectivity index (χ3v) is 6.50. The van der Waals surface area contributed by atoms with E-state index in [1.165, 1.54) is 16.0 Å². The SMILES string of the molecule is CCC[C@H](NC1CCc2cc(Cl)ccc2C1)C(=O)Nc1ncc(C(C)C)s1. The van der Waals surface area contributed by atoms with Gasteiger partial charge in [0.15, 0.2) is 5.13 Å². The Labute approximate surface area is 170 Å². The molecule has 1 aromatic heterocycles. The molecule has 0 saturated heterocycles. The maximum atomic E-state index is 12.8. The van der Waals surface area contributed by atoms with Gasteiger partial charge in [0.1, 0.15) is 0 Å². The lowest BCUT2D eigenvalue weighted by Gasteiger charge is -2.29. The van der Waals surface area contributed by atoms with Crippen molar-refractivity contribution in [2.45, 2.75) is 70.9 Å². The molecule has 0 saturated carbocycles. The molecule has 3 rings (SSSR count). The first-order chi connectivity index (χ1) is 13.0. The van der Waals surface area contributed by atoms with Gasteiger partial charge in [0, 0.05) is 22.1 Å². The van der Waals surface area contributed by atoms with Gasteiger partial charge < -0.3 is 10.6 Å². The van der Waals surface area contributed by atoms with Crippen LogP contribution < -0.4 is 10.6 Å². The molecule has 1 aromatic carbocycles. The Hall–Kier alpha value is -1.43. The number of nitrogens with one attached hydrogen (secondary N) is 2. The number of rotatable bonds is 7. The van der Waals surface area contributed by atoms with Gasteiger partial charge in [0.25, 0.3) is 0 Å². The van der Waals surface area contributed by atoms with Crippen molar-refractivity contribution in [3.8, 4) is 0 Å². The van der Waals surface area contributed by atoms with Gasteiger partial charge in [-0.25, -0.2) is 4.98 Å². The molecule has 1 unspecified atom stereocenters. The Morgan fingerprint density at radius 1 is 1.37 bits per heavy atom. The topological polar surface area (TPSA) is 54.0 Å². The van der Waals surface area contributed by atoms with E-state index in [1.807, 2.05) is 12.3 Å². The Morgan fingerprint density at radius 3 is 2.89 bits per heavy atom. The number of aryl methyl sites for hydroxylation is 1. The van der Waals surface area contributed by atoms with Crippen LogP contribution in [0.3, 0.4) is 0 Å². The monoisotopic (exact) mass is 405 g/mol. The maximum absolute atomic E-state index is 12.8. The van der Waals surface area contributed by atoms with Gasteiger partial charge in [-0.3, -0.25) is 4.79 Å². The Balaban J connectivity index is 1.63. The maximum Gasteiger partial charge on any atom is 0.243 e. The van der Waals surface area contributed by atoms with Crippen LogP contribution in [0.2, 0.25) is 5.02 Å². The van der Waals surface area contributed by atoms with Gasteiger partial charge in [-0.1, -0.05) is 44.9 Å². The second kappa shape index (κ2) is 9.18. The quantitative estimate of drug-likeness (QED) is 0.667. The molecule has 0 fully saturated rings. The van der Waals surface area contributed by atoms with Gasteiger partial charge in [0.05, 0.1) is 6.04 Å². The van der Waals surface area contributed by atoms with Gasteiger partial charge in [-0.2, -0.15) is 0 Å². The van der Waals surface area contributed by atoms with E-state index in [9.17, 15) is 4.79 Å². The lowest BCUT2D eigenvalue weighted by Crippen LogP contribution is -2.47. The highest BCUT2D eigenvalue weighted by atomic mass is 35.5. The lowest BCUT2D eigenvalue weighted by atomic mass is 9.87. The Bertz CT molecular complexity index is 789. The van der Waals surface area contributed by atoms with Gasteiger partial charge in [-0.05, 0) is 54.9 Å². The van der Waals surface area contributed by atoms with Crippen LogP contribution in [0.15, 0.2) is 24.4 Å². The summed E-state index contributed by atoms with van der Waals surface area (Å²) >= 11 is 7.66. The molecule has 6 heteroatoms.